The maximum Gasteiger partial charge on any atom is 0.0855 e. The number of methoxy groups -OCH3 is 1. The second-order valence-electron chi connectivity index (χ2n) is 9.15. The minimum atomic E-state index is -0.532. The van der Waals surface area contributed by atoms with Gasteiger partial charge in [0.2, 0.25) is 0 Å². The molecule has 0 bridgehead atoms. The van der Waals surface area contributed by atoms with E-state index in [2.05, 4.69) is 19.9 Å². The van der Waals surface area contributed by atoms with Crippen LogP contribution in [-0.4, -0.2) is 35.6 Å². The molecule has 0 aliphatic heterocycles. The van der Waals surface area contributed by atoms with Crippen molar-refractivity contribution in [3.8, 4) is 0 Å². The molecule has 8 atom stereocenters. The molecule has 4 rings (SSSR count). The highest BCUT2D eigenvalue weighted by Crippen LogP contribution is 2.64. The Morgan fingerprint density at radius 2 is 1.91 bits per heavy atom. The van der Waals surface area contributed by atoms with Crippen LogP contribution >= 0.6 is 0 Å². The summed E-state index contributed by atoms with van der Waals surface area (Å²) in [5, 5.41) is 20.8. The molecule has 23 heavy (non-hydrogen) atoms. The average Bonchev–Trinajstić information content (AvgIpc) is 2.78. The third-order valence-corrected chi connectivity index (χ3v) is 8.37. The molecular formula is C20H32O3. The van der Waals surface area contributed by atoms with E-state index in [9.17, 15) is 10.2 Å². The highest BCUT2D eigenvalue weighted by Gasteiger charge is 2.60. The van der Waals surface area contributed by atoms with Crippen LogP contribution in [0.4, 0.5) is 0 Å². The number of ether oxygens (including phenoxy) is 1. The number of hydrogen-bond acceptors (Lipinski definition) is 3. The van der Waals surface area contributed by atoms with E-state index in [1.807, 2.05) is 7.11 Å². The molecule has 0 spiro atoms. The summed E-state index contributed by atoms with van der Waals surface area (Å²) in [6, 6.07) is 0. The van der Waals surface area contributed by atoms with Crippen LogP contribution in [0, 0.1) is 28.6 Å². The van der Waals surface area contributed by atoms with Crippen LogP contribution in [-0.2, 0) is 4.74 Å². The van der Waals surface area contributed by atoms with E-state index in [0.717, 1.165) is 31.6 Å². The highest BCUT2D eigenvalue weighted by atomic mass is 16.5. The molecule has 0 aromatic rings. The SMILES string of the molecule is CO[C@@H]1CC[C@@]2(C)C(=CC[C@H]3[C@@H]4C[C@H](O)[C@H](O)[C@@]4(C)CC[C@@H]32)C1. The fourth-order valence-corrected chi connectivity index (χ4v) is 6.82. The van der Waals surface area contributed by atoms with Gasteiger partial charge >= 0.3 is 0 Å². The van der Waals surface area contributed by atoms with Crippen molar-refractivity contribution in [2.75, 3.05) is 7.11 Å². The number of fused-ring (bicyclic) bond motifs is 5. The number of aliphatic hydroxyl groups is 2. The number of rotatable bonds is 1. The summed E-state index contributed by atoms with van der Waals surface area (Å²) in [6.45, 7) is 4.70. The van der Waals surface area contributed by atoms with Crippen LogP contribution in [0.25, 0.3) is 0 Å². The van der Waals surface area contributed by atoms with Gasteiger partial charge in [0, 0.05) is 7.11 Å². The molecule has 3 nitrogen and oxygen atoms in total. The fraction of sp³-hybridized carbons (Fsp3) is 0.900. The van der Waals surface area contributed by atoms with E-state index >= 15 is 0 Å². The largest absolute Gasteiger partial charge is 0.390 e. The van der Waals surface area contributed by atoms with E-state index in [-0.39, 0.29) is 5.41 Å². The van der Waals surface area contributed by atoms with Gasteiger partial charge in [-0.2, -0.15) is 0 Å². The molecule has 3 saturated carbocycles. The quantitative estimate of drug-likeness (QED) is 0.729. The molecule has 0 aromatic heterocycles. The van der Waals surface area contributed by atoms with Gasteiger partial charge in [0.15, 0.2) is 0 Å². The van der Waals surface area contributed by atoms with Crippen molar-refractivity contribution >= 4 is 0 Å². The van der Waals surface area contributed by atoms with Gasteiger partial charge in [0.1, 0.15) is 0 Å². The minimum Gasteiger partial charge on any atom is -0.390 e. The number of aliphatic hydroxyl groups excluding tert-OH is 2. The van der Waals surface area contributed by atoms with Gasteiger partial charge in [-0.1, -0.05) is 25.5 Å². The Balaban J connectivity index is 1.65. The Labute approximate surface area is 140 Å². The summed E-state index contributed by atoms with van der Waals surface area (Å²) in [5.41, 5.74) is 1.86. The normalized spacial score (nSPS) is 55.6. The highest BCUT2D eigenvalue weighted by molar-refractivity contribution is 5.25. The minimum absolute atomic E-state index is 0.0774. The lowest BCUT2D eigenvalue weighted by Crippen LogP contribution is -2.51. The molecule has 3 fully saturated rings. The third kappa shape index (κ3) is 2.12. The molecule has 4 aliphatic carbocycles. The lowest BCUT2D eigenvalue weighted by Gasteiger charge is -2.57. The average molecular weight is 320 g/mol. The predicted octanol–water partition coefficient (Wildman–Crippen LogP) is 3.30. The van der Waals surface area contributed by atoms with Crippen molar-refractivity contribution in [2.45, 2.75) is 77.1 Å². The van der Waals surface area contributed by atoms with Crippen molar-refractivity contribution in [1.29, 1.82) is 0 Å². The van der Waals surface area contributed by atoms with E-state index in [1.54, 1.807) is 5.57 Å². The Hall–Kier alpha value is -0.380. The van der Waals surface area contributed by atoms with E-state index in [1.165, 1.54) is 19.3 Å². The zero-order chi connectivity index (χ0) is 16.4. The molecular weight excluding hydrogens is 288 g/mol. The predicted molar refractivity (Wildman–Crippen MR) is 89.9 cm³/mol. The molecule has 0 amide bonds. The van der Waals surface area contributed by atoms with Gasteiger partial charge in [0.05, 0.1) is 18.3 Å². The van der Waals surface area contributed by atoms with Crippen molar-refractivity contribution in [3.63, 3.8) is 0 Å². The second kappa shape index (κ2) is 5.31. The first-order valence-corrected chi connectivity index (χ1v) is 9.48. The summed E-state index contributed by atoms with van der Waals surface area (Å²) < 4.78 is 5.63. The monoisotopic (exact) mass is 320 g/mol. The smallest absolute Gasteiger partial charge is 0.0855 e. The maximum absolute atomic E-state index is 10.5. The van der Waals surface area contributed by atoms with Gasteiger partial charge < -0.3 is 14.9 Å². The molecule has 3 heteroatoms. The lowest BCUT2D eigenvalue weighted by atomic mass is 9.48. The third-order valence-electron chi connectivity index (χ3n) is 8.37. The number of hydrogen-bond donors (Lipinski definition) is 2. The van der Waals surface area contributed by atoms with E-state index < -0.39 is 12.2 Å². The summed E-state index contributed by atoms with van der Waals surface area (Å²) >= 11 is 0. The van der Waals surface area contributed by atoms with Gasteiger partial charge in [-0.25, -0.2) is 0 Å². The molecule has 0 aromatic carbocycles. The molecule has 2 N–H and O–H groups in total. The fourth-order valence-electron chi connectivity index (χ4n) is 6.82. The van der Waals surface area contributed by atoms with Crippen molar-refractivity contribution in [2.24, 2.45) is 28.6 Å². The number of allylic oxidation sites excluding steroid dienone is 1. The van der Waals surface area contributed by atoms with Gasteiger partial charge in [-0.3, -0.25) is 0 Å². The first kappa shape index (κ1) is 16.1. The molecule has 130 valence electrons. The van der Waals surface area contributed by atoms with Crippen LogP contribution in [0.15, 0.2) is 11.6 Å². The lowest BCUT2D eigenvalue weighted by molar-refractivity contribution is -0.0829. The first-order chi connectivity index (χ1) is 10.9. The summed E-state index contributed by atoms with van der Waals surface area (Å²) in [6.07, 6.45) is 9.52. The topological polar surface area (TPSA) is 49.7 Å². The van der Waals surface area contributed by atoms with E-state index in [4.69, 9.17) is 4.74 Å². The Kier molecular flexibility index (Phi) is 3.72. The summed E-state index contributed by atoms with van der Waals surface area (Å²) in [4.78, 5) is 0. The Morgan fingerprint density at radius 1 is 1.13 bits per heavy atom. The summed E-state index contributed by atoms with van der Waals surface area (Å²) in [5.74, 6) is 1.82. The molecule has 4 aliphatic rings. The van der Waals surface area contributed by atoms with Crippen LogP contribution in [0.1, 0.15) is 58.8 Å². The van der Waals surface area contributed by atoms with Crippen molar-refractivity contribution in [1.82, 2.24) is 0 Å². The van der Waals surface area contributed by atoms with Crippen LogP contribution in [0.2, 0.25) is 0 Å². The zero-order valence-electron chi connectivity index (χ0n) is 14.8. The van der Waals surface area contributed by atoms with Crippen LogP contribution < -0.4 is 0 Å². The standard InChI is InChI=1S/C20H32O3/c1-19-8-6-13(23-3)10-12(19)4-5-14-15(19)7-9-20(2)16(14)11-17(21)18(20)22/h4,13-18,21-22H,5-11H2,1-3H3/t13-,14-,15+,16+,17+,18+,19+,20+/m1/s1. The van der Waals surface area contributed by atoms with Crippen molar-refractivity contribution < 1.29 is 14.9 Å². The second-order valence-corrected chi connectivity index (χ2v) is 9.15. The maximum atomic E-state index is 10.5. The molecule has 0 heterocycles. The molecule has 0 radical (unpaired) electrons. The van der Waals surface area contributed by atoms with Gasteiger partial charge in [-0.15, -0.1) is 0 Å². The van der Waals surface area contributed by atoms with Crippen LogP contribution in [0.5, 0.6) is 0 Å². The Bertz CT molecular complexity index is 515. The summed E-state index contributed by atoms with van der Waals surface area (Å²) in [7, 11) is 1.84. The van der Waals surface area contributed by atoms with Crippen LogP contribution in [0.3, 0.4) is 0 Å². The molecule has 0 unspecified atom stereocenters. The molecule has 0 saturated heterocycles. The zero-order valence-corrected chi connectivity index (χ0v) is 14.8. The Morgan fingerprint density at radius 3 is 2.65 bits per heavy atom. The first-order valence-electron chi connectivity index (χ1n) is 9.48. The van der Waals surface area contributed by atoms with Gasteiger partial charge in [-0.05, 0) is 73.5 Å². The van der Waals surface area contributed by atoms with E-state index in [0.29, 0.717) is 23.4 Å². The van der Waals surface area contributed by atoms with Gasteiger partial charge in [0.25, 0.3) is 0 Å². The van der Waals surface area contributed by atoms with Crippen molar-refractivity contribution in [3.05, 3.63) is 11.6 Å².